The molecule has 0 aromatic carbocycles. The number of halogens is 1. The van der Waals surface area contributed by atoms with E-state index in [2.05, 4.69) is 26.2 Å². The number of hydrogen-bond acceptors (Lipinski definition) is 3. The molecule has 1 rings (SSSR count). The van der Waals surface area contributed by atoms with Crippen LogP contribution in [0.3, 0.4) is 0 Å². The Morgan fingerprint density at radius 3 is 2.92 bits per heavy atom. The van der Waals surface area contributed by atoms with Crippen molar-refractivity contribution in [2.24, 2.45) is 0 Å². The summed E-state index contributed by atoms with van der Waals surface area (Å²) in [6.07, 6.45) is 1.61. The van der Waals surface area contributed by atoms with E-state index in [0.717, 1.165) is 4.47 Å². The molecule has 0 bridgehead atoms. The number of carbonyl (C=O) groups excluding carboxylic acids is 1. The first-order chi connectivity index (χ1) is 5.74. The van der Waals surface area contributed by atoms with Gasteiger partial charge in [-0.25, -0.2) is 0 Å². The normalized spacial score (nSPS) is 9.83. The highest BCUT2D eigenvalue weighted by Gasteiger charge is 2.04. The molecule has 3 nitrogen and oxygen atoms in total. The van der Waals surface area contributed by atoms with E-state index in [1.54, 1.807) is 25.4 Å². The van der Waals surface area contributed by atoms with Crippen molar-refractivity contribution in [1.29, 1.82) is 0 Å². The molecule has 64 valence electrons. The van der Waals surface area contributed by atoms with E-state index in [4.69, 9.17) is 0 Å². The van der Waals surface area contributed by atoms with Gasteiger partial charge in [0.05, 0.1) is 6.54 Å². The number of aromatic nitrogens is 1. The second-order valence-electron chi connectivity index (χ2n) is 2.32. The number of pyridine rings is 1. The van der Waals surface area contributed by atoms with E-state index in [1.165, 1.54) is 0 Å². The van der Waals surface area contributed by atoms with Gasteiger partial charge in [-0.1, -0.05) is 0 Å². The van der Waals surface area contributed by atoms with E-state index < -0.39 is 0 Å². The number of hydrogen-bond donors (Lipinski definition) is 1. The molecule has 1 aromatic heterocycles. The Bertz CT molecular complexity index is 271. The van der Waals surface area contributed by atoms with Gasteiger partial charge < -0.3 is 5.32 Å². The summed E-state index contributed by atoms with van der Waals surface area (Å²) in [6.45, 7) is 0.328. The molecule has 12 heavy (non-hydrogen) atoms. The fourth-order valence-electron chi connectivity index (χ4n) is 0.792. The maximum atomic E-state index is 11.2. The van der Waals surface area contributed by atoms with Crippen molar-refractivity contribution >= 4 is 21.7 Å². The van der Waals surface area contributed by atoms with Crippen LogP contribution in [-0.4, -0.2) is 24.4 Å². The van der Waals surface area contributed by atoms with Gasteiger partial charge in [-0.2, -0.15) is 0 Å². The van der Waals surface area contributed by atoms with Gasteiger partial charge in [0, 0.05) is 10.7 Å². The Morgan fingerprint density at radius 2 is 2.42 bits per heavy atom. The first kappa shape index (κ1) is 9.35. The molecule has 0 aliphatic rings. The lowest BCUT2D eigenvalue weighted by molar-refractivity contribution is 0.0989. The summed E-state index contributed by atoms with van der Waals surface area (Å²) < 4.78 is 0.878. The highest BCUT2D eigenvalue weighted by Crippen LogP contribution is 2.07. The number of likely N-dealkylation sites (N-methyl/N-ethyl adjacent to an activating group) is 1. The van der Waals surface area contributed by atoms with Crippen LogP contribution in [0.1, 0.15) is 10.5 Å². The van der Waals surface area contributed by atoms with Crippen molar-refractivity contribution in [1.82, 2.24) is 10.3 Å². The SMILES string of the molecule is CNCC(=O)c1ccc(Br)cn1. The molecule has 1 aromatic rings. The van der Waals surface area contributed by atoms with Crippen molar-refractivity contribution in [3.63, 3.8) is 0 Å². The predicted octanol–water partition coefficient (Wildman–Crippen LogP) is 1.25. The molecule has 4 heteroatoms. The lowest BCUT2D eigenvalue weighted by Gasteiger charge is -1.97. The molecular formula is C8H9BrN2O. The van der Waals surface area contributed by atoms with E-state index >= 15 is 0 Å². The first-order valence-corrected chi connectivity index (χ1v) is 4.32. The minimum absolute atomic E-state index is 0.00463. The largest absolute Gasteiger partial charge is 0.313 e. The van der Waals surface area contributed by atoms with Crippen LogP contribution < -0.4 is 5.32 Å². The molecule has 0 aliphatic heterocycles. The standard InChI is InChI=1S/C8H9BrN2O/c1-10-5-8(12)7-3-2-6(9)4-11-7/h2-4,10H,5H2,1H3. The second-order valence-corrected chi connectivity index (χ2v) is 3.23. The summed E-state index contributed by atoms with van der Waals surface area (Å²) in [5.74, 6) is 0.00463. The maximum absolute atomic E-state index is 11.2. The quantitative estimate of drug-likeness (QED) is 0.793. The summed E-state index contributed by atoms with van der Waals surface area (Å²) in [5.41, 5.74) is 0.493. The van der Waals surface area contributed by atoms with Crippen molar-refractivity contribution in [2.75, 3.05) is 13.6 Å². The van der Waals surface area contributed by atoms with E-state index in [9.17, 15) is 4.79 Å². The highest BCUT2D eigenvalue weighted by atomic mass is 79.9. The number of Topliss-reactive ketones (excluding diaryl/α,β-unsaturated/α-hetero) is 1. The van der Waals surface area contributed by atoms with Crippen molar-refractivity contribution in [3.05, 3.63) is 28.5 Å². The van der Waals surface area contributed by atoms with Gasteiger partial charge in [0.1, 0.15) is 5.69 Å². The molecule has 0 unspecified atom stereocenters. The van der Waals surface area contributed by atoms with Crippen LogP contribution in [-0.2, 0) is 0 Å². The Kier molecular flexibility index (Phi) is 3.37. The number of ketones is 1. The Balaban J connectivity index is 2.75. The number of nitrogens with zero attached hydrogens (tertiary/aromatic N) is 1. The minimum atomic E-state index is 0.00463. The molecule has 0 saturated heterocycles. The predicted molar refractivity (Wildman–Crippen MR) is 50.2 cm³/mol. The fraction of sp³-hybridized carbons (Fsp3) is 0.250. The zero-order valence-corrected chi connectivity index (χ0v) is 8.26. The molecule has 0 fully saturated rings. The van der Waals surface area contributed by atoms with Crippen LogP contribution >= 0.6 is 15.9 Å². The van der Waals surface area contributed by atoms with Gasteiger partial charge in [-0.05, 0) is 35.1 Å². The first-order valence-electron chi connectivity index (χ1n) is 3.53. The number of carbonyl (C=O) groups is 1. The minimum Gasteiger partial charge on any atom is -0.313 e. The van der Waals surface area contributed by atoms with Crippen LogP contribution in [0.15, 0.2) is 22.8 Å². The Labute approximate surface area is 79.3 Å². The molecule has 0 atom stereocenters. The van der Waals surface area contributed by atoms with Gasteiger partial charge in [-0.15, -0.1) is 0 Å². The lowest BCUT2D eigenvalue weighted by Crippen LogP contribution is -2.19. The molecule has 0 aliphatic carbocycles. The zero-order valence-electron chi connectivity index (χ0n) is 6.67. The van der Waals surface area contributed by atoms with Crippen LogP contribution in [0.4, 0.5) is 0 Å². The second kappa shape index (κ2) is 4.33. The van der Waals surface area contributed by atoms with Crippen LogP contribution in [0, 0.1) is 0 Å². The molecular weight excluding hydrogens is 220 g/mol. The Hall–Kier alpha value is -0.740. The average molecular weight is 229 g/mol. The molecule has 0 saturated carbocycles. The third-order valence-electron chi connectivity index (χ3n) is 1.35. The Morgan fingerprint density at radius 1 is 1.67 bits per heavy atom. The molecule has 0 radical (unpaired) electrons. The van der Waals surface area contributed by atoms with E-state index in [-0.39, 0.29) is 5.78 Å². The molecule has 0 spiro atoms. The summed E-state index contributed by atoms with van der Waals surface area (Å²) in [5, 5.41) is 2.78. The number of nitrogens with one attached hydrogen (secondary N) is 1. The summed E-state index contributed by atoms with van der Waals surface area (Å²) >= 11 is 3.24. The van der Waals surface area contributed by atoms with Gasteiger partial charge in [0.25, 0.3) is 0 Å². The van der Waals surface area contributed by atoms with Crippen molar-refractivity contribution in [3.8, 4) is 0 Å². The average Bonchev–Trinajstić information content (AvgIpc) is 2.06. The van der Waals surface area contributed by atoms with E-state index in [0.29, 0.717) is 12.2 Å². The van der Waals surface area contributed by atoms with Gasteiger partial charge in [0.2, 0.25) is 0 Å². The van der Waals surface area contributed by atoms with E-state index in [1.807, 2.05) is 0 Å². The molecule has 0 amide bonds. The maximum Gasteiger partial charge on any atom is 0.194 e. The van der Waals surface area contributed by atoms with Crippen molar-refractivity contribution in [2.45, 2.75) is 0 Å². The summed E-state index contributed by atoms with van der Waals surface area (Å²) in [6, 6.07) is 3.50. The number of rotatable bonds is 3. The van der Waals surface area contributed by atoms with Gasteiger partial charge in [-0.3, -0.25) is 9.78 Å². The molecule has 1 heterocycles. The third kappa shape index (κ3) is 2.39. The monoisotopic (exact) mass is 228 g/mol. The van der Waals surface area contributed by atoms with Gasteiger partial charge in [0.15, 0.2) is 5.78 Å². The smallest absolute Gasteiger partial charge is 0.194 e. The van der Waals surface area contributed by atoms with Crippen LogP contribution in [0.5, 0.6) is 0 Å². The van der Waals surface area contributed by atoms with Crippen LogP contribution in [0.2, 0.25) is 0 Å². The fourth-order valence-corrected chi connectivity index (χ4v) is 1.03. The third-order valence-corrected chi connectivity index (χ3v) is 1.82. The lowest BCUT2D eigenvalue weighted by atomic mass is 10.2. The molecule has 1 N–H and O–H groups in total. The van der Waals surface area contributed by atoms with Gasteiger partial charge >= 0.3 is 0 Å². The topological polar surface area (TPSA) is 42.0 Å². The zero-order chi connectivity index (χ0) is 8.97. The summed E-state index contributed by atoms with van der Waals surface area (Å²) in [7, 11) is 1.73. The summed E-state index contributed by atoms with van der Waals surface area (Å²) in [4.78, 5) is 15.2. The van der Waals surface area contributed by atoms with Crippen LogP contribution in [0.25, 0.3) is 0 Å². The highest BCUT2D eigenvalue weighted by molar-refractivity contribution is 9.10. The van der Waals surface area contributed by atoms with Crippen molar-refractivity contribution < 1.29 is 4.79 Å².